The van der Waals surface area contributed by atoms with E-state index in [-0.39, 0.29) is 11.6 Å². The lowest BCUT2D eigenvalue weighted by Crippen LogP contribution is -2.14. The average Bonchev–Trinajstić information content (AvgIpc) is 2.44. The summed E-state index contributed by atoms with van der Waals surface area (Å²) in [5, 5.41) is 9.36. The Morgan fingerprint density at radius 1 is 1.37 bits per heavy atom. The molecule has 0 radical (unpaired) electrons. The van der Waals surface area contributed by atoms with E-state index in [1.165, 1.54) is 0 Å². The maximum Gasteiger partial charge on any atom is 0.280 e. The molecule has 0 aliphatic heterocycles. The molecule has 2 rings (SSSR count). The Hall–Kier alpha value is -1.82. The van der Waals surface area contributed by atoms with Crippen LogP contribution in [0.5, 0.6) is 5.75 Å². The molecular formula is C13H14BrN3O2. The highest BCUT2D eigenvalue weighted by molar-refractivity contribution is 9.10. The van der Waals surface area contributed by atoms with Crippen LogP contribution in [0.15, 0.2) is 39.7 Å². The predicted octanol–water partition coefficient (Wildman–Crippen LogP) is 2.71. The molecule has 6 heteroatoms. The van der Waals surface area contributed by atoms with Gasteiger partial charge in [0, 0.05) is 6.04 Å². The van der Waals surface area contributed by atoms with Crippen LogP contribution in [0.25, 0.3) is 0 Å². The summed E-state index contributed by atoms with van der Waals surface area (Å²) in [6.07, 6.45) is 1.57. The van der Waals surface area contributed by atoms with Crippen molar-refractivity contribution in [2.45, 2.75) is 13.0 Å². The first-order chi connectivity index (χ1) is 9.11. The van der Waals surface area contributed by atoms with Crippen LogP contribution < -0.4 is 15.6 Å². The van der Waals surface area contributed by atoms with Gasteiger partial charge in [-0.25, -0.2) is 5.10 Å². The average molecular weight is 324 g/mol. The number of nitrogens with one attached hydrogen (secondary N) is 2. The van der Waals surface area contributed by atoms with Gasteiger partial charge in [0.25, 0.3) is 5.56 Å². The smallest absolute Gasteiger partial charge is 0.280 e. The first-order valence-corrected chi connectivity index (χ1v) is 6.55. The van der Waals surface area contributed by atoms with E-state index in [1.807, 2.05) is 31.2 Å². The van der Waals surface area contributed by atoms with Gasteiger partial charge in [-0.15, -0.1) is 0 Å². The largest absolute Gasteiger partial charge is 0.497 e. The molecule has 1 aromatic carbocycles. The molecule has 1 unspecified atom stereocenters. The first-order valence-electron chi connectivity index (χ1n) is 5.75. The Kier molecular flexibility index (Phi) is 4.21. The number of hydrogen-bond donors (Lipinski definition) is 2. The van der Waals surface area contributed by atoms with E-state index in [2.05, 4.69) is 31.4 Å². The van der Waals surface area contributed by atoms with Crippen LogP contribution in [-0.4, -0.2) is 17.3 Å². The summed E-state index contributed by atoms with van der Waals surface area (Å²) in [6.45, 7) is 2.01. The topological polar surface area (TPSA) is 67.0 Å². The van der Waals surface area contributed by atoms with E-state index >= 15 is 0 Å². The molecule has 1 heterocycles. The predicted molar refractivity (Wildman–Crippen MR) is 77.6 cm³/mol. The zero-order valence-electron chi connectivity index (χ0n) is 10.6. The van der Waals surface area contributed by atoms with Crippen molar-refractivity contribution in [1.82, 2.24) is 10.2 Å². The Morgan fingerprint density at radius 2 is 2.05 bits per heavy atom. The number of rotatable bonds is 4. The van der Waals surface area contributed by atoms with E-state index in [4.69, 9.17) is 4.74 Å². The van der Waals surface area contributed by atoms with Crippen molar-refractivity contribution in [3.63, 3.8) is 0 Å². The molecule has 2 N–H and O–H groups in total. The molecule has 1 aromatic heterocycles. The first kappa shape index (κ1) is 13.6. The summed E-state index contributed by atoms with van der Waals surface area (Å²) in [5.74, 6) is 0.815. The minimum Gasteiger partial charge on any atom is -0.497 e. The van der Waals surface area contributed by atoms with Crippen LogP contribution in [0.4, 0.5) is 5.69 Å². The van der Waals surface area contributed by atoms with E-state index in [9.17, 15) is 4.79 Å². The zero-order valence-corrected chi connectivity index (χ0v) is 12.2. The number of halogens is 1. The van der Waals surface area contributed by atoms with Gasteiger partial charge >= 0.3 is 0 Å². The third kappa shape index (κ3) is 3.14. The zero-order chi connectivity index (χ0) is 13.8. The van der Waals surface area contributed by atoms with Gasteiger partial charge in [-0.2, -0.15) is 5.10 Å². The quantitative estimate of drug-likeness (QED) is 0.907. The van der Waals surface area contributed by atoms with Crippen molar-refractivity contribution in [3.8, 4) is 5.75 Å². The number of hydrogen-bond acceptors (Lipinski definition) is 4. The monoisotopic (exact) mass is 323 g/mol. The molecule has 100 valence electrons. The maximum atomic E-state index is 11.4. The van der Waals surface area contributed by atoms with Crippen LogP contribution in [0, 0.1) is 0 Å². The molecule has 0 aliphatic carbocycles. The van der Waals surface area contributed by atoms with Crippen LogP contribution in [0.1, 0.15) is 18.5 Å². The fourth-order valence-electron chi connectivity index (χ4n) is 1.69. The number of aromatic amines is 1. The Bertz CT molecular complexity index is 610. The number of anilines is 1. The van der Waals surface area contributed by atoms with Crippen molar-refractivity contribution in [1.29, 1.82) is 0 Å². The second kappa shape index (κ2) is 5.88. The van der Waals surface area contributed by atoms with Gasteiger partial charge in [0.15, 0.2) is 0 Å². The molecule has 0 saturated carbocycles. The second-order valence-electron chi connectivity index (χ2n) is 4.07. The Balaban J connectivity index is 2.18. The fourth-order valence-corrected chi connectivity index (χ4v) is 2.00. The van der Waals surface area contributed by atoms with E-state index in [1.54, 1.807) is 13.3 Å². The fraction of sp³-hybridized carbons (Fsp3) is 0.231. The Morgan fingerprint density at radius 3 is 2.68 bits per heavy atom. The van der Waals surface area contributed by atoms with Gasteiger partial charge in [0.2, 0.25) is 0 Å². The highest BCUT2D eigenvalue weighted by Gasteiger charge is 2.09. The standard InChI is InChI=1S/C13H14BrN3O2/c1-8(9-3-5-10(19-2)6-4-9)16-11-7-15-17-13(18)12(11)14/h3-8H,1-2H3,(H2,16,17,18). The molecule has 0 fully saturated rings. The van der Waals surface area contributed by atoms with Gasteiger partial charge < -0.3 is 10.1 Å². The van der Waals surface area contributed by atoms with Crippen LogP contribution in [0.2, 0.25) is 0 Å². The van der Waals surface area contributed by atoms with Crippen molar-refractivity contribution in [2.24, 2.45) is 0 Å². The van der Waals surface area contributed by atoms with E-state index < -0.39 is 0 Å². The summed E-state index contributed by atoms with van der Waals surface area (Å²) in [4.78, 5) is 11.4. The Labute approximate surface area is 119 Å². The SMILES string of the molecule is COc1ccc(C(C)Nc2cn[nH]c(=O)c2Br)cc1. The summed E-state index contributed by atoms with van der Waals surface area (Å²) in [5.41, 5.74) is 1.49. The van der Waals surface area contributed by atoms with Crippen LogP contribution in [-0.2, 0) is 0 Å². The lowest BCUT2D eigenvalue weighted by atomic mass is 10.1. The lowest BCUT2D eigenvalue weighted by Gasteiger charge is -2.16. The minimum atomic E-state index is -0.257. The van der Waals surface area contributed by atoms with Crippen molar-refractivity contribution >= 4 is 21.6 Å². The number of aromatic nitrogens is 2. The van der Waals surface area contributed by atoms with Gasteiger partial charge in [-0.3, -0.25) is 4.79 Å². The molecule has 0 aliphatic rings. The molecule has 0 spiro atoms. The molecule has 0 saturated heterocycles. The van der Waals surface area contributed by atoms with Crippen LogP contribution in [0.3, 0.4) is 0 Å². The second-order valence-corrected chi connectivity index (χ2v) is 4.86. The highest BCUT2D eigenvalue weighted by atomic mass is 79.9. The van der Waals surface area contributed by atoms with Crippen LogP contribution >= 0.6 is 15.9 Å². The summed E-state index contributed by atoms with van der Waals surface area (Å²) in [6, 6.07) is 7.80. The van der Waals surface area contributed by atoms with E-state index in [0.717, 1.165) is 11.3 Å². The third-order valence-electron chi connectivity index (χ3n) is 2.78. The summed E-state index contributed by atoms with van der Waals surface area (Å²) < 4.78 is 5.57. The summed E-state index contributed by atoms with van der Waals surface area (Å²) in [7, 11) is 1.63. The van der Waals surface area contributed by atoms with Gasteiger partial charge in [-0.05, 0) is 40.5 Å². The van der Waals surface area contributed by atoms with Gasteiger partial charge in [0.1, 0.15) is 10.2 Å². The van der Waals surface area contributed by atoms with Crippen molar-refractivity contribution in [2.75, 3.05) is 12.4 Å². The number of benzene rings is 1. The number of H-pyrrole nitrogens is 1. The molecule has 0 amide bonds. The molecule has 1 atom stereocenters. The van der Waals surface area contributed by atoms with Gasteiger partial charge in [-0.1, -0.05) is 12.1 Å². The summed E-state index contributed by atoms with van der Waals surface area (Å²) >= 11 is 3.24. The number of methoxy groups -OCH3 is 1. The molecule has 5 nitrogen and oxygen atoms in total. The number of nitrogens with zero attached hydrogens (tertiary/aromatic N) is 1. The number of ether oxygens (including phenoxy) is 1. The minimum absolute atomic E-state index is 0.0470. The molecule has 19 heavy (non-hydrogen) atoms. The lowest BCUT2D eigenvalue weighted by molar-refractivity contribution is 0.414. The normalized spacial score (nSPS) is 11.9. The maximum absolute atomic E-state index is 11.4. The molecule has 0 bridgehead atoms. The molecular weight excluding hydrogens is 310 g/mol. The van der Waals surface area contributed by atoms with E-state index in [0.29, 0.717) is 10.2 Å². The van der Waals surface area contributed by atoms with Gasteiger partial charge in [0.05, 0.1) is 19.0 Å². The molecule has 2 aromatic rings. The van der Waals surface area contributed by atoms with Crippen molar-refractivity contribution < 1.29 is 4.74 Å². The highest BCUT2D eigenvalue weighted by Crippen LogP contribution is 2.24. The van der Waals surface area contributed by atoms with Crippen molar-refractivity contribution in [3.05, 3.63) is 50.9 Å². The third-order valence-corrected chi connectivity index (χ3v) is 3.57.